The number of benzene rings is 1. The molecule has 0 fully saturated rings. The Hall–Kier alpha value is -0.481. The molecule has 0 spiro atoms. The number of rotatable bonds is 1. The fraction of sp³-hybridized carbons (Fsp3) is 0. The van der Waals surface area contributed by atoms with Crippen LogP contribution in [0.5, 0.6) is 0 Å². The first kappa shape index (κ1) is 7.62. The number of halogens is 1. The minimum absolute atomic E-state index is 0.127. The Morgan fingerprint density at radius 3 is 2.70 bits per heavy atom. The van der Waals surface area contributed by atoms with Gasteiger partial charge in [-0.2, -0.15) is 0 Å². The third-order valence-electron chi connectivity index (χ3n) is 0.992. The van der Waals surface area contributed by atoms with Crippen LogP contribution in [0.1, 0.15) is 0 Å². The van der Waals surface area contributed by atoms with Gasteiger partial charge in [0, 0.05) is 0 Å². The molecule has 1 nitrogen and oxygen atoms in total. The second kappa shape index (κ2) is 3.63. The van der Waals surface area contributed by atoms with Crippen molar-refractivity contribution in [3.63, 3.8) is 0 Å². The van der Waals surface area contributed by atoms with E-state index in [4.69, 9.17) is 16.9 Å². The number of nitriles is 1. The van der Waals surface area contributed by atoms with Crippen LogP contribution in [0.2, 0.25) is 5.02 Å². The average Bonchev–Trinajstić information content (AvgIpc) is 1.94. The van der Waals surface area contributed by atoms with Crippen LogP contribution in [0, 0.1) is 10.2 Å². The molecule has 0 bridgehead atoms. The number of hydrogen-bond donors (Lipinski definition) is 0. The molecule has 0 aromatic heterocycles. The van der Waals surface area contributed by atoms with E-state index >= 15 is 0 Å². The van der Waals surface area contributed by atoms with Gasteiger partial charge in [0.2, 0.25) is 0 Å². The second-order valence-electron chi connectivity index (χ2n) is 1.62. The predicted octanol–water partition coefficient (Wildman–Crippen LogP) is 1.15. The molecule has 0 saturated heterocycles. The molecule has 1 rings (SSSR count). The summed E-state index contributed by atoms with van der Waals surface area (Å²) in [5.41, 5.74) is 0. The van der Waals surface area contributed by atoms with Gasteiger partial charge < -0.3 is 0 Å². The predicted molar refractivity (Wildman–Crippen MR) is 42.5 cm³/mol. The first-order valence-corrected chi connectivity index (χ1v) is 4.74. The first-order valence-electron chi connectivity index (χ1n) is 2.65. The molecular formula is C7H4ClNSe. The van der Waals surface area contributed by atoms with Gasteiger partial charge in [-0.1, -0.05) is 0 Å². The zero-order valence-corrected chi connectivity index (χ0v) is 7.51. The molecule has 0 heterocycles. The average molecular weight is 217 g/mol. The van der Waals surface area contributed by atoms with Crippen LogP contribution in [0.25, 0.3) is 0 Å². The van der Waals surface area contributed by atoms with Crippen molar-refractivity contribution in [1.82, 2.24) is 0 Å². The molecule has 0 saturated carbocycles. The van der Waals surface area contributed by atoms with E-state index in [1.165, 1.54) is 0 Å². The maximum absolute atomic E-state index is 8.36. The maximum atomic E-state index is 8.36. The van der Waals surface area contributed by atoms with Gasteiger partial charge in [0.15, 0.2) is 0 Å². The van der Waals surface area contributed by atoms with Gasteiger partial charge in [-0.25, -0.2) is 0 Å². The summed E-state index contributed by atoms with van der Waals surface area (Å²) in [6.07, 6.45) is 0. The Kier molecular flexibility index (Phi) is 2.77. The molecule has 0 radical (unpaired) electrons. The minimum atomic E-state index is -0.127. The van der Waals surface area contributed by atoms with Crippen molar-refractivity contribution in [3.8, 4) is 4.97 Å². The van der Waals surface area contributed by atoms with E-state index in [1.54, 1.807) is 6.07 Å². The van der Waals surface area contributed by atoms with E-state index in [9.17, 15) is 0 Å². The molecule has 0 amide bonds. The zero-order valence-electron chi connectivity index (χ0n) is 5.04. The summed E-state index contributed by atoms with van der Waals surface area (Å²) >= 11 is 5.64. The summed E-state index contributed by atoms with van der Waals surface area (Å²) in [5.74, 6) is 0. The summed E-state index contributed by atoms with van der Waals surface area (Å²) in [4.78, 5) is 2.10. The van der Waals surface area contributed by atoms with Crippen molar-refractivity contribution in [2.75, 3.05) is 0 Å². The molecular weight excluding hydrogens is 212 g/mol. The molecule has 0 aliphatic heterocycles. The van der Waals surface area contributed by atoms with E-state index in [2.05, 4.69) is 4.97 Å². The summed E-state index contributed by atoms with van der Waals surface area (Å²) in [6.45, 7) is 0. The van der Waals surface area contributed by atoms with Gasteiger partial charge in [0.05, 0.1) is 0 Å². The third kappa shape index (κ3) is 1.75. The van der Waals surface area contributed by atoms with Crippen LogP contribution in [0.3, 0.4) is 0 Å². The van der Waals surface area contributed by atoms with E-state index in [0.29, 0.717) is 5.02 Å². The fourth-order valence-electron chi connectivity index (χ4n) is 0.577. The second-order valence-corrected chi connectivity index (χ2v) is 3.77. The molecule has 0 aliphatic rings. The molecule has 0 atom stereocenters. The van der Waals surface area contributed by atoms with Crippen LogP contribution in [0.4, 0.5) is 0 Å². The molecule has 0 unspecified atom stereocenters. The molecule has 10 heavy (non-hydrogen) atoms. The SMILES string of the molecule is N#C[Se]c1ccccc1Cl. The Balaban J connectivity index is 2.94. The molecule has 1 aromatic carbocycles. The summed E-state index contributed by atoms with van der Waals surface area (Å²) in [5, 5.41) is 9.06. The van der Waals surface area contributed by atoms with E-state index in [1.807, 2.05) is 18.2 Å². The van der Waals surface area contributed by atoms with Gasteiger partial charge in [0.1, 0.15) is 0 Å². The zero-order chi connectivity index (χ0) is 7.40. The molecule has 1 aromatic rings. The Morgan fingerprint density at radius 2 is 2.10 bits per heavy atom. The van der Waals surface area contributed by atoms with Gasteiger partial charge in [-0.3, -0.25) is 0 Å². The molecule has 50 valence electrons. The van der Waals surface area contributed by atoms with Gasteiger partial charge in [-0.05, 0) is 0 Å². The van der Waals surface area contributed by atoms with Crippen molar-refractivity contribution >= 4 is 31.0 Å². The van der Waals surface area contributed by atoms with E-state index in [-0.39, 0.29) is 15.0 Å². The third-order valence-corrected chi connectivity index (χ3v) is 2.98. The topological polar surface area (TPSA) is 23.8 Å². The molecule has 0 N–H and O–H groups in total. The van der Waals surface area contributed by atoms with Crippen molar-refractivity contribution in [2.45, 2.75) is 0 Å². The fourth-order valence-corrected chi connectivity index (χ4v) is 1.77. The molecule has 3 heteroatoms. The van der Waals surface area contributed by atoms with Crippen LogP contribution in [0.15, 0.2) is 24.3 Å². The first-order chi connectivity index (χ1) is 4.84. The van der Waals surface area contributed by atoms with Crippen molar-refractivity contribution in [2.24, 2.45) is 0 Å². The van der Waals surface area contributed by atoms with Crippen LogP contribution >= 0.6 is 11.6 Å². The summed E-state index contributed by atoms with van der Waals surface area (Å²) in [7, 11) is 0. The number of hydrogen-bond acceptors (Lipinski definition) is 1. The summed E-state index contributed by atoms with van der Waals surface area (Å²) < 4.78 is 0.958. The van der Waals surface area contributed by atoms with Crippen LogP contribution in [-0.2, 0) is 0 Å². The van der Waals surface area contributed by atoms with E-state index in [0.717, 1.165) is 4.46 Å². The Labute approximate surface area is 70.8 Å². The van der Waals surface area contributed by atoms with Gasteiger partial charge >= 0.3 is 70.5 Å². The standard InChI is InChI=1S/C7H4ClNSe/c8-6-3-1-2-4-7(6)10-5-9/h1-4H. The van der Waals surface area contributed by atoms with Crippen LogP contribution < -0.4 is 4.46 Å². The van der Waals surface area contributed by atoms with Gasteiger partial charge in [-0.15, -0.1) is 0 Å². The van der Waals surface area contributed by atoms with Crippen molar-refractivity contribution < 1.29 is 0 Å². The summed E-state index contributed by atoms with van der Waals surface area (Å²) in [6, 6.07) is 7.43. The normalized spacial score (nSPS) is 8.80. The quantitative estimate of drug-likeness (QED) is 0.646. The van der Waals surface area contributed by atoms with Crippen LogP contribution in [-0.4, -0.2) is 15.0 Å². The van der Waals surface area contributed by atoms with E-state index < -0.39 is 0 Å². The molecule has 0 aliphatic carbocycles. The Morgan fingerprint density at radius 1 is 1.40 bits per heavy atom. The monoisotopic (exact) mass is 217 g/mol. The van der Waals surface area contributed by atoms with Gasteiger partial charge in [0.25, 0.3) is 0 Å². The Bertz CT molecular complexity index is 267. The number of nitrogens with zero attached hydrogens (tertiary/aromatic N) is 1. The van der Waals surface area contributed by atoms with Crippen molar-refractivity contribution in [1.29, 1.82) is 5.26 Å². The van der Waals surface area contributed by atoms with Crippen molar-refractivity contribution in [3.05, 3.63) is 29.3 Å².